The summed E-state index contributed by atoms with van der Waals surface area (Å²) in [6.07, 6.45) is 5.30. The molecule has 3 nitrogen and oxygen atoms in total. The first-order valence-electron chi connectivity index (χ1n) is 6.62. The molecule has 0 aromatic carbocycles. The van der Waals surface area contributed by atoms with Gasteiger partial charge in [0.25, 0.3) is 0 Å². The number of carbonyl (C=O) groups excluding carboxylic acids is 1. The predicted molar refractivity (Wildman–Crippen MR) is 86.4 cm³/mol. The Balaban J connectivity index is 2.17. The minimum absolute atomic E-state index is 0.0435. The van der Waals surface area contributed by atoms with Gasteiger partial charge in [0, 0.05) is 12.0 Å². The highest BCUT2D eigenvalue weighted by atomic mass is 79.9. The Kier molecular flexibility index (Phi) is 5.42. The van der Waals surface area contributed by atoms with Crippen LogP contribution < -0.4 is 0 Å². The number of carboxylic acids is 1. The SMILES string of the molecule is O=C(O)CC1(CC(=O)c2cc(Br)sc2Br)CCCCC1. The van der Waals surface area contributed by atoms with Crippen LogP contribution in [0.4, 0.5) is 0 Å². The number of aliphatic carboxylic acids is 1. The van der Waals surface area contributed by atoms with Crippen molar-refractivity contribution in [1.82, 2.24) is 0 Å². The Hall–Kier alpha value is -0.200. The number of rotatable bonds is 5. The molecule has 0 saturated heterocycles. The Morgan fingerprint density at radius 3 is 2.35 bits per heavy atom. The normalized spacial score (nSPS) is 17.9. The maximum absolute atomic E-state index is 12.5. The molecule has 1 aliphatic rings. The summed E-state index contributed by atoms with van der Waals surface area (Å²) in [7, 11) is 0. The van der Waals surface area contributed by atoms with Crippen LogP contribution in [0.25, 0.3) is 0 Å². The lowest BCUT2D eigenvalue weighted by Crippen LogP contribution is -2.30. The molecule has 1 fully saturated rings. The van der Waals surface area contributed by atoms with Crippen LogP contribution in [0.2, 0.25) is 0 Å². The van der Waals surface area contributed by atoms with Crippen molar-refractivity contribution in [2.24, 2.45) is 5.41 Å². The molecule has 1 saturated carbocycles. The molecule has 2 rings (SSSR count). The maximum atomic E-state index is 12.5. The van der Waals surface area contributed by atoms with Crippen molar-refractivity contribution < 1.29 is 14.7 Å². The van der Waals surface area contributed by atoms with Crippen LogP contribution in [0.15, 0.2) is 13.6 Å². The van der Waals surface area contributed by atoms with E-state index in [-0.39, 0.29) is 17.6 Å². The highest BCUT2D eigenvalue weighted by Gasteiger charge is 2.37. The van der Waals surface area contributed by atoms with E-state index in [9.17, 15) is 9.59 Å². The Bertz CT molecular complexity index is 518. The fraction of sp³-hybridized carbons (Fsp3) is 0.571. The molecular formula is C14H16Br2O3S. The molecule has 0 radical (unpaired) electrons. The molecule has 0 unspecified atom stereocenters. The van der Waals surface area contributed by atoms with Gasteiger partial charge in [-0.25, -0.2) is 0 Å². The van der Waals surface area contributed by atoms with Gasteiger partial charge in [0.1, 0.15) is 0 Å². The third-order valence-electron chi connectivity index (χ3n) is 3.93. The second-order valence-electron chi connectivity index (χ2n) is 5.47. The maximum Gasteiger partial charge on any atom is 0.303 e. The highest BCUT2D eigenvalue weighted by molar-refractivity contribution is 9.12. The summed E-state index contributed by atoms with van der Waals surface area (Å²) in [6, 6.07) is 1.81. The average molecular weight is 424 g/mol. The summed E-state index contributed by atoms with van der Waals surface area (Å²) in [6.45, 7) is 0. The average Bonchev–Trinajstić information content (AvgIpc) is 2.68. The summed E-state index contributed by atoms with van der Waals surface area (Å²) in [5.74, 6) is -0.757. The summed E-state index contributed by atoms with van der Waals surface area (Å²) < 4.78 is 1.72. The number of ketones is 1. The molecule has 1 aromatic rings. The van der Waals surface area contributed by atoms with E-state index in [0.29, 0.717) is 12.0 Å². The van der Waals surface area contributed by atoms with Crippen LogP contribution in [0.1, 0.15) is 55.3 Å². The van der Waals surface area contributed by atoms with Crippen molar-refractivity contribution in [3.05, 3.63) is 19.2 Å². The summed E-state index contributed by atoms with van der Waals surface area (Å²) in [4.78, 5) is 23.6. The molecule has 1 N–H and O–H groups in total. The van der Waals surface area contributed by atoms with E-state index in [2.05, 4.69) is 31.9 Å². The van der Waals surface area contributed by atoms with Gasteiger partial charge in [-0.2, -0.15) is 0 Å². The van der Waals surface area contributed by atoms with E-state index in [1.807, 2.05) is 6.07 Å². The van der Waals surface area contributed by atoms with Gasteiger partial charge in [-0.15, -0.1) is 11.3 Å². The topological polar surface area (TPSA) is 54.4 Å². The number of halogens is 2. The molecule has 1 aliphatic carbocycles. The Labute approximate surface area is 139 Å². The zero-order valence-corrected chi connectivity index (χ0v) is 14.9. The van der Waals surface area contributed by atoms with Crippen molar-refractivity contribution in [2.75, 3.05) is 0 Å². The first kappa shape index (κ1) is 16.2. The molecule has 0 spiro atoms. The zero-order valence-electron chi connectivity index (χ0n) is 11.0. The molecule has 0 aliphatic heterocycles. The second-order valence-corrected chi connectivity index (χ2v) is 9.22. The monoisotopic (exact) mass is 422 g/mol. The van der Waals surface area contributed by atoms with Crippen molar-refractivity contribution in [3.63, 3.8) is 0 Å². The standard InChI is InChI=1S/C14H16Br2O3S/c15-11-6-9(13(16)20-11)10(17)7-14(8-12(18)19)4-2-1-3-5-14/h6H,1-5,7-8H2,(H,18,19). The van der Waals surface area contributed by atoms with Gasteiger partial charge in [-0.05, 0) is 56.2 Å². The second kappa shape index (κ2) is 6.71. The molecule has 20 heavy (non-hydrogen) atoms. The van der Waals surface area contributed by atoms with Crippen LogP contribution in [0.3, 0.4) is 0 Å². The molecule has 0 bridgehead atoms. The van der Waals surface area contributed by atoms with Crippen molar-refractivity contribution >= 4 is 54.9 Å². The quantitative estimate of drug-likeness (QED) is 0.656. The van der Waals surface area contributed by atoms with Crippen LogP contribution >= 0.6 is 43.2 Å². The number of Topliss-reactive ketones (excluding diaryl/α,β-unsaturated/α-hetero) is 1. The Morgan fingerprint density at radius 2 is 1.85 bits per heavy atom. The Morgan fingerprint density at radius 1 is 1.20 bits per heavy atom. The minimum atomic E-state index is -0.801. The van der Waals surface area contributed by atoms with Crippen molar-refractivity contribution in [1.29, 1.82) is 0 Å². The van der Waals surface area contributed by atoms with Gasteiger partial charge in [0.15, 0.2) is 5.78 Å². The number of hydrogen-bond donors (Lipinski definition) is 1. The molecule has 0 atom stereocenters. The van der Waals surface area contributed by atoms with Gasteiger partial charge in [-0.1, -0.05) is 19.3 Å². The van der Waals surface area contributed by atoms with E-state index in [1.165, 1.54) is 11.3 Å². The van der Waals surface area contributed by atoms with Crippen molar-refractivity contribution in [2.45, 2.75) is 44.9 Å². The number of hydrogen-bond acceptors (Lipinski definition) is 3. The van der Waals surface area contributed by atoms with Gasteiger partial charge in [-0.3, -0.25) is 9.59 Å². The highest BCUT2D eigenvalue weighted by Crippen LogP contribution is 2.44. The number of carbonyl (C=O) groups is 2. The third kappa shape index (κ3) is 3.92. The van der Waals surface area contributed by atoms with E-state index >= 15 is 0 Å². The van der Waals surface area contributed by atoms with Crippen LogP contribution in [0.5, 0.6) is 0 Å². The lowest BCUT2D eigenvalue weighted by atomic mass is 9.68. The van der Waals surface area contributed by atoms with Gasteiger partial charge in [0.05, 0.1) is 14.0 Å². The minimum Gasteiger partial charge on any atom is -0.481 e. The molecule has 1 aromatic heterocycles. The number of thiophene rings is 1. The summed E-state index contributed by atoms with van der Waals surface area (Å²) >= 11 is 8.24. The molecule has 6 heteroatoms. The zero-order chi connectivity index (χ0) is 14.8. The first-order chi connectivity index (χ1) is 9.42. The van der Waals surface area contributed by atoms with Crippen LogP contribution in [0, 0.1) is 5.41 Å². The molecule has 0 amide bonds. The third-order valence-corrected chi connectivity index (χ3v) is 6.27. The van der Waals surface area contributed by atoms with Crippen LogP contribution in [-0.4, -0.2) is 16.9 Å². The van der Waals surface area contributed by atoms with E-state index in [1.54, 1.807) is 0 Å². The lowest BCUT2D eigenvalue weighted by molar-refractivity contribution is -0.140. The van der Waals surface area contributed by atoms with E-state index < -0.39 is 5.97 Å². The predicted octanol–water partition coefficient (Wildman–Crippen LogP) is 5.27. The summed E-state index contributed by atoms with van der Waals surface area (Å²) in [5.41, 5.74) is 0.312. The molecule has 110 valence electrons. The van der Waals surface area contributed by atoms with Gasteiger partial charge >= 0.3 is 5.97 Å². The number of carboxylic acid groups (broad SMARTS) is 1. The smallest absolute Gasteiger partial charge is 0.303 e. The fourth-order valence-corrected chi connectivity index (χ4v) is 5.86. The van der Waals surface area contributed by atoms with Gasteiger partial charge < -0.3 is 5.11 Å². The van der Waals surface area contributed by atoms with E-state index in [4.69, 9.17) is 5.11 Å². The molecular weight excluding hydrogens is 408 g/mol. The molecule has 1 heterocycles. The first-order valence-corrected chi connectivity index (χ1v) is 9.02. The largest absolute Gasteiger partial charge is 0.481 e. The van der Waals surface area contributed by atoms with Crippen molar-refractivity contribution in [3.8, 4) is 0 Å². The lowest BCUT2D eigenvalue weighted by Gasteiger charge is -2.35. The van der Waals surface area contributed by atoms with Crippen LogP contribution in [-0.2, 0) is 4.79 Å². The van der Waals surface area contributed by atoms with E-state index in [0.717, 1.165) is 39.7 Å². The summed E-state index contributed by atoms with van der Waals surface area (Å²) in [5, 5.41) is 9.15. The fourth-order valence-electron chi connectivity index (χ4n) is 3.00. The van der Waals surface area contributed by atoms with Gasteiger partial charge in [0.2, 0.25) is 0 Å².